The van der Waals surface area contributed by atoms with Gasteiger partial charge in [-0.05, 0) is 63.2 Å². The number of aromatic nitrogens is 3. The molecule has 108 valence electrons. The van der Waals surface area contributed by atoms with E-state index in [0.717, 1.165) is 23.5 Å². The van der Waals surface area contributed by atoms with E-state index in [1.165, 1.54) is 30.2 Å². The van der Waals surface area contributed by atoms with Crippen LogP contribution in [0.1, 0.15) is 39.4 Å². The average Bonchev–Trinajstić information content (AvgIpc) is 2.77. The lowest BCUT2D eigenvalue weighted by atomic mass is 10.00. The van der Waals surface area contributed by atoms with Crippen LogP contribution in [0.5, 0.6) is 0 Å². The average molecular weight is 289 g/mol. The van der Waals surface area contributed by atoms with Crippen molar-refractivity contribution in [2.75, 3.05) is 11.5 Å². The molecule has 0 N–H and O–H groups in total. The first-order valence-electron chi connectivity index (χ1n) is 7.46. The Morgan fingerprint density at radius 3 is 2.95 bits per heavy atom. The Hall–Kier alpha value is -1.03. The molecule has 1 unspecified atom stereocenters. The predicted molar refractivity (Wildman–Crippen MR) is 86.3 cm³/mol. The van der Waals surface area contributed by atoms with E-state index in [1.54, 1.807) is 0 Å². The summed E-state index contributed by atoms with van der Waals surface area (Å²) in [5.74, 6) is 4.58. The normalized spacial score (nSPS) is 20.4. The molecule has 3 nitrogen and oxygen atoms in total. The highest BCUT2D eigenvalue weighted by Gasteiger charge is 2.24. The van der Waals surface area contributed by atoms with Gasteiger partial charge in [0.05, 0.1) is 0 Å². The molecular weight excluding hydrogens is 266 g/mol. The third kappa shape index (κ3) is 2.71. The van der Waals surface area contributed by atoms with Crippen molar-refractivity contribution >= 4 is 22.9 Å². The Morgan fingerprint density at radius 1 is 1.40 bits per heavy atom. The van der Waals surface area contributed by atoms with Crippen molar-refractivity contribution in [1.29, 1.82) is 0 Å². The predicted octanol–water partition coefficient (Wildman–Crippen LogP) is 3.87. The molecule has 0 saturated carbocycles. The van der Waals surface area contributed by atoms with Gasteiger partial charge in [0.2, 0.25) is 0 Å². The molecule has 0 aliphatic carbocycles. The highest BCUT2D eigenvalue weighted by Crippen LogP contribution is 2.29. The Balaban J connectivity index is 2.00. The Labute approximate surface area is 125 Å². The largest absolute Gasteiger partial charge is 0.307 e. The summed E-state index contributed by atoms with van der Waals surface area (Å²) in [6, 6.07) is 4.05. The molecule has 3 rings (SSSR count). The maximum absolute atomic E-state index is 4.86. The van der Waals surface area contributed by atoms with Gasteiger partial charge in [-0.3, -0.25) is 0 Å². The first-order chi connectivity index (χ1) is 9.55. The smallest absolute Gasteiger partial charge is 0.160 e. The SMILES string of the molecule is CC(C)(C)n1c(CC2CCCSC2)nc2cccnc21. The van der Waals surface area contributed by atoms with Crippen LogP contribution in [0.15, 0.2) is 18.3 Å². The number of hydrogen-bond acceptors (Lipinski definition) is 3. The van der Waals surface area contributed by atoms with Crippen LogP contribution >= 0.6 is 11.8 Å². The van der Waals surface area contributed by atoms with Crippen LogP contribution in [-0.2, 0) is 12.0 Å². The van der Waals surface area contributed by atoms with Crippen LogP contribution in [0.25, 0.3) is 11.2 Å². The van der Waals surface area contributed by atoms with E-state index < -0.39 is 0 Å². The highest BCUT2D eigenvalue weighted by molar-refractivity contribution is 7.99. The van der Waals surface area contributed by atoms with Gasteiger partial charge in [0.1, 0.15) is 11.3 Å². The number of fused-ring (bicyclic) bond motifs is 1. The maximum Gasteiger partial charge on any atom is 0.160 e. The number of pyridine rings is 1. The lowest BCUT2D eigenvalue weighted by Crippen LogP contribution is -2.26. The second-order valence-electron chi connectivity index (χ2n) is 6.67. The number of hydrogen-bond donors (Lipinski definition) is 0. The fourth-order valence-corrected chi connectivity index (χ4v) is 4.18. The molecule has 1 aliphatic heterocycles. The molecule has 0 amide bonds. The van der Waals surface area contributed by atoms with Gasteiger partial charge in [0.25, 0.3) is 0 Å². The van der Waals surface area contributed by atoms with E-state index in [0.29, 0.717) is 0 Å². The van der Waals surface area contributed by atoms with Crippen molar-refractivity contribution in [3.8, 4) is 0 Å². The van der Waals surface area contributed by atoms with Crippen LogP contribution < -0.4 is 0 Å². The molecule has 20 heavy (non-hydrogen) atoms. The number of rotatable bonds is 2. The van der Waals surface area contributed by atoms with Gasteiger partial charge in [0.15, 0.2) is 5.65 Å². The number of imidazole rings is 1. The van der Waals surface area contributed by atoms with E-state index in [-0.39, 0.29) is 5.54 Å². The molecule has 0 radical (unpaired) electrons. The number of thioether (sulfide) groups is 1. The van der Waals surface area contributed by atoms with Gasteiger partial charge < -0.3 is 4.57 Å². The zero-order chi connectivity index (χ0) is 14.2. The number of nitrogens with zero attached hydrogens (tertiary/aromatic N) is 3. The Kier molecular flexibility index (Phi) is 3.76. The summed E-state index contributed by atoms with van der Waals surface area (Å²) in [4.78, 5) is 9.42. The quantitative estimate of drug-likeness (QED) is 0.841. The van der Waals surface area contributed by atoms with E-state index in [4.69, 9.17) is 4.98 Å². The topological polar surface area (TPSA) is 30.7 Å². The highest BCUT2D eigenvalue weighted by atomic mass is 32.2. The first kappa shape index (κ1) is 13.9. The van der Waals surface area contributed by atoms with E-state index in [1.807, 2.05) is 12.3 Å². The van der Waals surface area contributed by atoms with Crippen LogP contribution in [0.4, 0.5) is 0 Å². The second-order valence-corrected chi connectivity index (χ2v) is 7.82. The first-order valence-corrected chi connectivity index (χ1v) is 8.62. The summed E-state index contributed by atoms with van der Waals surface area (Å²) < 4.78 is 2.33. The molecule has 0 spiro atoms. The molecule has 1 atom stereocenters. The second kappa shape index (κ2) is 5.40. The standard InChI is InChI=1S/C16H23N3S/c1-16(2,3)19-14(10-12-6-5-9-20-11-12)18-13-7-4-8-17-15(13)19/h4,7-8,12H,5-6,9-11H2,1-3H3. The fourth-order valence-electron chi connectivity index (χ4n) is 3.03. The van der Waals surface area contributed by atoms with Crippen molar-refractivity contribution < 1.29 is 0 Å². The molecule has 3 heterocycles. The maximum atomic E-state index is 4.86. The molecule has 2 aromatic rings. The van der Waals surface area contributed by atoms with Gasteiger partial charge in [-0.2, -0.15) is 11.8 Å². The van der Waals surface area contributed by atoms with Gasteiger partial charge in [-0.1, -0.05) is 0 Å². The van der Waals surface area contributed by atoms with Crippen LogP contribution in [-0.4, -0.2) is 26.0 Å². The lowest BCUT2D eigenvalue weighted by Gasteiger charge is -2.26. The minimum absolute atomic E-state index is 0.0280. The minimum Gasteiger partial charge on any atom is -0.307 e. The van der Waals surface area contributed by atoms with Crippen LogP contribution in [0.2, 0.25) is 0 Å². The van der Waals surface area contributed by atoms with Crippen LogP contribution in [0, 0.1) is 5.92 Å². The summed E-state index contributed by atoms with van der Waals surface area (Å²) in [6.07, 6.45) is 5.64. The van der Waals surface area contributed by atoms with Crippen LogP contribution in [0.3, 0.4) is 0 Å². The van der Waals surface area contributed by atoms with Crippen molar-refractivity contribution in [2.24, 2.45) is 5.92 Å². The third-order valence-corrected chi connectivity index (χ3v) is 5.17. The summed E-state index contributed by atoms with van der Waals surface area (Å²) >= 11 is 2.09. The zero-order valence-corrected chi connectivity index (χ0v) is 13.4. The molecule has 1 saturated heterocycles. The van der Waals surface area contributed by atoms with Gasteiger partial charge >= 0.3 is 0 Å². The van der Waals surface area contributed by atoms with Gasteiger partial charge in [-0.15, -0.1) is 0 Å². The Morgan fingerprint density at radius 2 is 2.25 bits per heavy atom. The van der Waals surface area contributed by atoms with Gasteiger partial charge in [-0.25, -0.2) is 9.97 Å². The van der Waals surface area contributed by atoms with Gasteiger partial charge in [0, 0.05) is 18.2 Å². The van der Waals surface area contributed by atoms with E-state index in [9.17, 15) is 0 Å². The van der Waals surface area contributed by atoms with E-state index in [2.05, 4.69) is 48.2 Å². The lowest BCUT2D eigenvalue weighted by molar-refractivity contribution is 0.378. The molecule has 0 aromatic carbocycles. The molecule has 2 aromatic heterocycles. The van der Waals surface area contributed by atoms with E-state index >= 15 is 0 Å². The molecule has 0 bridgehead atoms. The van der Waals surface area contributed by atoms with Crippen molar-refractivity contribution in [2.45, 2.75) is 45.6 Å². The summed E-state index contributed by atoms with van der Waals surface area (Å²) in [6.45, 7) is 6.71. The molecule has 1 aliphatic rings. The fraction of sp³-hybridized carbons (Fsp3) is 0.625. The third-order valence-electron chi connectivity index (χ3n) is 3.88. The van der Waals surface area contributed by atoms with Crippen molar-refractivity contribution in [3.63, 3.8) is 0 Å². The minimum atomic E-state index is 0.0280. The zero-order valence-electron chi connectivity index (χ0n) is 12.6. The molecule has 4 heteroatoms. The summed E-state index contributed by atoms with van der Waals surface area (Å²) in [7, 11) is 0. The van der Waals surface area contributed by atoms with Crippen molar-refractivity contribution in [1.82, 2.24) is 14.5 Å². The summed E-state index contributed by atoms with van der Waals surface area (Å²) in [5.41, 5.74) is 2.08. The summed E-state index contributed by atoms with van der Waals surface area (Å²) in [5, 5.41) is 0. The molecule has 1 fully saturated rings. The van der Waals surface area contributed by atoms with Crippen molar-refractivity contribution in [3.05, 3.63) is 24.2 Å². The monoisotopic (exact) mass is 289 g/mol. The Bertz CT molecular complexity index is 591. The molecular formula is C16H23N3S.